The number of rotatable bonds is 8. The maximum Gasteiger partial charge on any atom is 0.306 e. The second-order valence-electron chi connectivity index (χ2n) is 10.3. The lowest BCUT2D eigenvalue weighted by atomic mass is 9.76. The summed E-state index contributed by atoms with van der Waals surface area (Å²) in [4.78, 5) is 19.0. The van der Waals surface area contributed by atoms with Crippen LogP contribution in [-0.2, 0) is 21.4 Å². The third-order valence-corrected chi connectivity index (χ3v) is 7.64. The summed E-state index contributed by atoms with van der Waals surface area (Å²) in [6.07, 6.45) is 2.44. The van der Waals surface area contributed by atoms with Gasteiger partial charge in [-0.05, 0) is 56.5 Å². The first-order valence-electron chi connectivity index (χ1n) is 13.7. The number of benzene rings is 3. The molecule has 1 unspecified atom stereocenters. The van der Waals surface area contributed by atoms with Gasteiger partial charge in [-0.25, -0.2) is 18.2 Å². The highest BCUT2D eigenvalue weighted by Gasteiger charge is 2.39. The Kier molecular flexibility index (Phi) is 7.28. The molecule has 0 amide bonds. The Hall–Kier alpha value is -4.87. The van der Waals surface area contributed by atoms with Gasteiger partial charge in [0.25, 0.3) is 0 Å². The molecule has 0 bridgehead atoms. The number of halogens is 4. The normalized spacial score (nSPS) is 16.1. The van der Waals surface area contributed by atoms with Crippen LogP contribution in [0, 0.1) is 23.3 Å². The maximum absolute atomic E-state index is 15.0. The SMILES string of the molecule is CCOC(=O)CCc1cccc2c1OCCC2(C)c1nc(-c2cc(Oc3c(F)c(F)c4[nH]ccc4c3F)ccc2F)n[nH]1. The predicted octanol–water partition coefficient (Wildman–Crippen LogP) is 6.89. The maximum atomic E-state index is 15.0. The van der Waals surface area contributed by atoms with Crippen molar-refractivity contribution in [1.82, 2.24) is 20.2 Å². The molecule has 8 nitrogen and oxygen atoms in total. The first kappa shape index (κ1) is 28.3. The Balaban J connectivity index is 1.31. The molecule has 1 atom stereocenters. The molecule has 1 aliphatic rings. The number of fused-ring (bicyclic) bond motifs is 2. The zero-order chi connectivity index (χ0) is 30.3. The smallest absolute Gasteiger partial charge is 0.306 e. The van der Waals surface area contributed by atoms with E-state index >= 15 is 4.39 Å². The first-order chi connectivity index (χ1) is 20.7. The molecule has 3 aromatic carbocycles. The lowest BCUT2D eigenvalue weighted by Crippen LogP contribution is -2.33. The third kappa shape index (κ3) is 4.96. The van der Waals surface area contributed by atoms with Gasteiger partial charge in [0.1, 0.15) is 23.1 Å². The largest absolute Gasteiger partial charge is 0.493 e. The first-order valence-corrected chi connectivity index (χ1v) is 13.7. The van der Waals surface area contributed by atoms with Crippen LogP contribution in [0.4, 0.5) is 17.6 Å². The van der Waals surface area contributed by atoms with Gasteiger partial charge in [-0.15, -0.1) is 0 Å². The number of H-pyrrole nitrogens is 2. The molecular weight excluding hydrogens is 568 g/mol. The average Bonchev–Trinajstić information content (AvgIpc) is 3.70. The summed E-state index contributed by atoms with van der Waals surface area (Å²) in [5.41, 5.74) is 0.557. The van der Waals surface area contributed by atoms with E-state index in [0.717, 1.165) is 17.2 Å². The summed E-state index contributed by atoms with van der Waals surface area (Å²) in [5, 5.41) is 6.95. The van der Waals surface area contributed by atoms with Crippen molar-refractivity contribution in [2.45, 2.75) is 38.5 Å². The van der Waals surface area contributed by atoms with Crippen molar-refractivity contribution >= 4 is 16.9 Å². The van der Waals surface area contributed by atoms with Crippen LogP contribution in [-0.4, -0.2) is 39.3 Å². The molecule has 1 aliphatic heterocycles. The van der Waals surface area contributed by atoms with Crippen molar-refractivity contribution in [1.29, 1.82) is 0 Å². The van der Waals surface area contributed by atoms with Gasteiger partial charge in [0, 0.05) is 23.6 Å². The van der Waals surface area contributed by atoms with Crippen LogP contribution in [0.2, 0.25) is 0 Å². The minimum absolute atomic E-state index is 0.0149. The molecule has 0 fully saturated rings. The molecule has 222 valence electrons. The summed E-state index contributed by atoms with van der Waals surface area (Å²) in [7, 11) is 0. The predicted molar refractivity (Wildman–Crippen MR) is 148 cm³/mol. The molecule has 0 aliphatic carbocycles. The van der Waals surface area contributed by atoms with Gasteiger partial charge in [0.15, 0.2) is 17.5 Å². The van der Waals surface area contributed by atoms with E-state index in [2.05, 4.69) is 20.2 Å². The van der Waals surface area contributed by atoms with Crippen LogP contribution in [0.1, 0.15) is 43.6 Å². The average molecular weight is 595 g/mol. The number of aromatic nitrogens is 4. The van der Waals surface area contributed by atoms with E-state index in [9.17, 15) is 18.0 Å². The lowest BCUT2D eigenvalue weighted by molar-refractivity contribution is -0.143. The van der Waals surface area contributed by atoms with Crippen molar-refractivity contribution in [2.75, 3.05) is 13.2 Å². The topological polar surface area (TPSA) is 102 Å². The van der Waals surface area contributed by atoms with Crippen LogP contribution < -0.4 is 9.47 Å². The molecule has 0 radical (unpaired) electrons. The zero-order valence-electron chi connectivity index (χ0n) is 23.2. The van der Waals surface area contributed by atoms with Gasteiger partial charge >= 0.3 is 5.97 Å². The molecular formula is C31H26F4N4O4. The summed E-state index contributed by atoms with van der Waals surface area (Å²) in [6.45, 7) is 4.38. The number of ether oxygens (including phenoxy) is 3. The van der Waals surface area contributed by atoms with Crippen molar-refractivity contribution in [2.24, 2.45) is 0 Å². The van der Waals surface area contributed by atoms with E-state index in [1.807, 2.05) is 25.1 Å². The Labute approximate surface area is 243 Å². The molecule has 2 N–H and O–H groups in total. The summed E-state index contributed by atoms with van der Waals surface area (Å²) in [6, 6.07) is 10.3. The molecule has 12 heteroatoms. The van der Waals surface area contributed by atoms with Crippen LogP contribution in [0.5, 0.6) is 17.2 Å². The highest BCUT2D eigenvalue weighted by molar-refractivity contribution is 5.82. The van der Waals surface area contributed by atoms with E-state index in [0.29, 0.717) is 37.6 Å². The number of hydrogen-bond donors (Lipinski definition) is 2. The molecule has 6 rings (SSSR count). The Morgan fingerprint density at radius 1 is 1.09 bits per heavy atom. The summed E-state index contributed by atoms with van der Waals surface area (Å²) < 4.78 is 75.6. The van der Waals surface area contributed by atoms with Crippen LogP contribution in [0.25, 0.3) is 22.3 Å². The van der Waals surface area contributed by atoms with Gasteiger partial charge in [0.2, 0.25) is 11.6 Å². The van der Waals surface area contributed by atoms with E-state index < -0.39 is 34.4 Å². The van der Waals surface area contributed by atoms with Crippen LogP contribution in [0.15, 0.2) is 48.7 Å². The van der Waals surface area contributed by atoms with Gasteiger partial charge < -0.3 is 19.2 Å². The minimum Gasteiger partial charge on any atom is -0.493 e. The molecule has 0 saturated heterocycles. The quantitative estimate of drug-likeness (QED) is 0.115. The monoisotopic (exact) mass is 594 g/mol. The zero-order valence-corrected chi connectivity index (χ0v) is 23.2. The van der Waals surface area contributed by atoms with Gasteiger partial charge in [-0.1, -0.05) is 18.2 Å². The van der Waals surface area contributed by atoms with Crippen molar-refractivity contribution in [3.05, 3.63) is 88.9 Å². The van der Waals surface area contributed by atoms with Crippen molar-refractivity contribution in [3.8, 4) is 28.6 Å². The lowest BCUT2D eigenvalue weighted by Gasteiger charge is -2.35. The number of carbonyl (C=O) groups is 1. The molecule has 43 heavy (non-hydrogen) atoms. The molecule has 0 saturated carbocycles. The van der Waals surface area contributed by atoms with Crippen LogP contribution in [0.3, 0.4) is 0 Å². The van der Waals surface area contributed by atoms with Crippen molar-refractivity contribution in [3.63, 3.8) is 0 Å². The fourth-order valence-electron chi connectivity index (χ4n) is 5.33. The molecule has 5 aromatic rings. The van der Waals surface area contributed by atoms with E-state index in [1.165, 1.54) is 24.4 Å². The number of aromatic amines is 2. The Bertz CT molecular complexity index is 1850. The third-order valence-electron chi connectivity index (χ3n) is 7.64. The second kappa shape index (κ2) is 11.1. The number of nitrogens with zero attached hydrogens (tertiary/aromatic N) is 2. The van der Waals surface area contributed by atoms with E-state index in [4.69, 9.17) is 14.2 Å². The van der Waals surface area contributed by atoms with Crippen LogP contribution >= 0.6 is 0 Å². The summed E-state index contributed by atoms with van der Waals surface area (Å²) in [5.74, 6) is -4.96. The second-order valence-corrected chi connectivity index (χ2v) is 10.3. The fraction of sp³-hybridized carbons (Fsp3) is 0.258. The number of nitrogens with one attached hydrogen (secondary N) is 2. The number of aryl methyl sites for hydroxylation is 1. The van der Waals surface area contributed by atoms with Crippen molar-refractivity contribution < 1.29 is 36.6 Å². The number of hydrogen-bond acceptors (Lipinski definition) is 6. The van der Waals surface area contributed by atoms with Gasteiger partial charge in [-0.2, -0.15) is 9.49 Å². The highest BCUT2D eigenvalue weighted by atomic mass is 19.2. The minimum atomic E-state index is -1.52. The highest BCUT2D eigenvalue weighted by Crippen LogP contribution is 2.44. The summed E-state index contributed by atoms with van der Waals surface area (Å²) >= 11 is 0. The standard InChI is InChI=1S/C31H26F4N4O4/c1-3-41-22(40)10-7-16-5-4-6-20-27(16)42-14-12-31(20,2)30-37-29(38-39-30)19-15-17(8-9-21(19)32)43-28-23(33)18-11-13-36-26(18)24(34)25(28)35/h4-6,8-9,11,13,15,36H,3,7,10,12,14H2,1-2H3,(H,37,38,39). The van der Waals surface area contributed by atoms with E-state index in [-0.39, 0.29) is 40.4 Å². The molecule has 3 heterocycles. The number of esters is 1. The number of carbonyl (C=O) groups excluding carboxylic acids is 1. The molecule has 0 spiro atoms. The fourth-order valence-corrected chi connectivity index (χ4v) is 5.33. The molecule has 2 aromatic heterocycles. The van der Waals surface area contributed by atoms with Gasteiger partial charge in [0.05, 0.1) is 29.7 Å². The Morgan fingerprint density at radius 2 is 1.93 bits per heavy atom. The van der Waals surface area contributed by atoms with E-state index in [1.54, 1.807) is 6.92 Å². The van der Waals surface area contributed by atoms with Gasteiger partial charge in [-0.3, -0.25) is 9.89 Å². The number of para-hydroxylation sites is 1. The Morgan fingerprint density at radius 3 is 2.74 bits per heavy atom.